The highest BCUT2D eigenvalue weighted by atomic mass is 35.5. The van der Waals surface area contributed by atoms with Crippen LogP contribution < -0.4 is 10.1 Å². The maximum absolute atomic E-state index is 12.2. The van der Waals surface area contributed by atoms with Gasteiger partial charge in [-0.1, -0.05) is 41.9 Å². The number of benzene rings is 2. The molecule has 0 saturated carbocycles. The van der Waals surface area contributed by atoms with Crippen molar-refractivity contribution in [2.45, 2.75) is 12.8 Å². The van der Waals surface area contributed by atoms with E-state index < -0.39 is 0 Å². The lowest BCUT2D eigenvalue weighted by molar-refractivity contribution is 0.0927. The van der Waals surface area contributed by atoms with E-state index in [-0.39, 0.29) is 11.7 Å². The number of fused-ring (bicyclic) bond motifs is 1. The van der Waals surface area contributed by atoms with Gasteiger partial charge in [0.15, 0.2) is 17.1 Å². The number of carbonyl (C=O) groups is 1. The summed E-state index contributed by atoms with van der Waals surface area (Å²) in [7, 11) is 1.58. The van der Waals surface area contributed by atoms with Crippen LogP contribution in [-0.4, -0.2) is 19.6 Å². The van der Waals surface area contributed by atoms with Gasteiger partial charge in [-0.3, -0.25) is 4.79 Å². The van der Waals surface area contributed by atoms with Crippen molar-refractivity contribution in [3.63, 3.8) is 0 Å². The second kappa shape index (κ2) is 7.41. The Morgan fingerprint density at radius 3 is 2.83 bits per heavy atom. The maximum Gasteiger partial charge on any atom is 0.287 e. The van der Waals surface area contributed by atoms with Gasteiger partial charge in [-0.25, -0.2) is 0 Å². The molecule has 0 aliphatic carbocycles. The first-order chi connectivity index (χ1) is 11.7. The van der Waals surface area contributed by atoms with E-state index in [0.29, 0.717) is 17.9 Å². The molecule has 124 valence electrons. The topological polar surface area (TPSA) is 51.5 Å². The Balaban J connectivity index is 1.58. The molecular weight excluding hydrogens is 326 g/mol. The molecule has 0 spiro atoms. The predicted molar refractivity (Wildman–Crippen MR) is 94.9 cm³/mol. The van der Waals surface area contributed by atoms with Gasteiger partial charge >= 0.3 is 0 Å². The van der Waals surface area contributed by atoms with E-state index in [2.05, 4.69) is 5.32 Å². The van der Waals surface area contributed by atoms with Gasteiger partial charge in [-0.05, 0) is 36.6 Å². The van der Waals surface area contributed by atoms with Gasteiger partial charge in [0.2, 0.25) is 0 Å². The van der Waals surface area contributed by atoms with Crippen LogP contribution in [-0.2, 0) is 6.42 Å². The number of amides is 1. The van der Waals surface area contributed by atoms with Crippen LogP contribution in [0.4, 0.5) is 0 Å². The molecule has 1 N–H and O–H groups in total. The monoisotopic (exact) mass is 343 g/mol. The van der Waals surface area contributed by atoms with Crippen molar-refractivity contribution in [1.82, 2.24) is 5.32 Å². The molecule has 2 aromatic carbocycles. The highest BCUT2D eigenvalue weighted by molar-refractivity contribution is 6.31. The molecule has 24 heavy (non-hydrogen) atoms. The van der Waals surface area contributed by atoms with Gasteiger partial charge in [0.25, 0.3) is 5.91 Å². The zero-order valence-corrected chi connectivity index (χ0v) is 14.1. The number of halogens is 1. The van der Waals surface area contributed by atoms with Crippen molar-refractivity contribution in [3.05, 3.63) is 64.9 Å². The van der Waals surface area contributed by atoms with E-state index in [0.717, 1.165) is 28.8 Å². The number of carbonyl (C=O) groups excluding carboxylic acids is 1. The normalized spacial score (nSPS) is 10.8. The molecule has 0 bridgehead atoms. The fourth-order valence-electron chi connectivity index (χ4n) is 2.58. The lowest BCUT2D eigenvalue weighted by Crippen LogP contribution is -2.24. The third-order valence-corrected chi connectivity index (χ3v) is 4.19. The second-order valence-electron chi connectivity index (χ2n) is 5.44. The fraction of sp³-hybridized carbons (Fsp3) is 0.211. The minimum absolute atomic E-state index is 0.229. The van der Waals surface area contributed by atoms with Crippen molar-refractivity contribution < 1.29 is 13.9 Å². The molecule has 1 aromatic heterocycles. The highest BCUT2D eigenvalue weighted by Crippen LogP contribution is 2.28. The van der Waals surface area contributed by atoms with Crippen molar-refractivity contribution in [2.75, 3.05) is 13.7 Å². The third kappa shape index (κ3) is 3.54. The average molecular weight is 344 g/mol. The smallest absolute Gasteiger partial charge is 0.287 e. The molecular formula is C19H18ClNO3. The van der Waals surface area contributed by atoms with Crippen LogP contribution in [0.2, 0.25) is 5.02 Å². The van der Waals surface area contributed by atoms with E-state index in [1.165, 1.54) is 0 Å². The number of hydrogen-bond acceptors (Lipinski definition) is 3. The zero-order chi connectivity index (χ0) is 16.9. The fourth-order valence-corrected chi connectivity index (χ4v) is 2.81. The Bertz CT molecular complexity index is 857. The maximum atomic E-state index is 12.2. The SMILES string of the molecule is COc1cccc2cc(C(=O)NCCCc3ccccc3Cl)oc12. The molecule has 0 aliphatic rings. The Morgan fingerprint density at radius 2 is 2.04 bits per heavy atom. The summed E-state index contributed by atoms with van der Waals surface area (Å²) in [6.07, 6.45) is 1.62. The van der Waals surface area contributed by atoms with Crippen LogP contribution >= 0.6 is 11.6 Å². The van der Waals surface area contributed by atoms with Crippen LogP contribution in [0, 0.1) is 0 Å². The summed E-state index contributed by atoms with van der Waals surface area (Å²) in [4.78, 5) is 12.2. The van der Waals surface area contributed by atoms with Crippen LogP contribution in [0.5, 0.6) is 5.75 Å². The van der Waals surface area contributed by atoms with Gasteiger partial charge < -0.3 is 14.5 Å². The minimum Gasteiger partial charge on any atom is -0.493 e. The lowest BCUT2D eigenvalue weighted by atomic mass is 10.1. The first-order valence-corrected chi connectivity index (χ1v) is 8.15. The molecule has 0 aliphatic heterocycles. The summed E-state index contributed by atoms with van der Waals surface area (Å²) in [5.74, 6) is 0.671. The summed E-state index contributed by atoms with van der Waals surface area (Å²) in [6.45, 7) is 0.554. The first kappa shape index (κ1) is 16.4. The van der Waals surface area contributed by atoms with Crippen LogP contribution in [0.25, 0.3) is 11.0 Å². The van der Waals surface area contributed by atoms with E-state index in [1.54, 1.807) is 19.2 Å². The molecule has 0 radical (unpaired) electrons. The van der Waals surface area contributed by atoms with Gasteiger partial charge in [-0.15, -0.1) is 0 Å². The number of hydrogen-bond donors (Lipinski definition) is 1. The highest BCUT2D eigenvalue weighted by Gasteiger charge is 2.14. The molecule has 0 unspecified atom stereocenters. The van der Waals surface area contributed by atoms with E-state index >= 15 is 0 Å². The molecule has 3 rings (SSSR count). The average Bonchev–Trinajstić information content (AvgIpc) is 3.04. The molecule has 4 nitrogen and oxygen atoms in total. The van der Waals surface area contributed by atoms with E-state index in [4.69, 9.17) is 20.8 Å². The third-order valence-electron chi connectivity index (χ3n) is 3.82. The number of furan rings is 1. The number of aryl methyl sites for hydroxylation is 1. The Kier molecular flexibility index (Phi) is 5.06. The van der Waals surface area contributed by atoms with Crippen molar-refractivity contribution >= 4 is 28.5 Å². The van der Waals surface area contributed by atoms with Crippen LogP contribution in [0.3, 0.4) is 0 Å². The molecule has 5 heteroatoms. The Hall–Kier alpha value is -2.46. The van der Waals surface area contributed by atoms with Crippen molar-refractivity contribution in [2.24, 2.45) is 0 Å². The predicted octanol–water partition coefficient (Wildman–Crippen LogP) is 4.46. The summed E-state index contributed by atoms with van der Waals surface area (Å²) in [5, 5.41) is 4.47. The van der Waals surface area contributed by atoms with Crippen molar-refractivity contribution in [3.8, 4) is 5.75 Å². The van der Waals surface area contributed by atoms with Gasteiger partial charge in [0.05, 0.1) is 7.11 Å². The zero-order valence-electron chi connectivity index (χ0n) is 13.3. The molecule has 1 amide bonds. The van der Waals surface area contributed by atoms with Gasteiger partial charge in [0, 0.05) is 17.0 Å². The Morgan fingerprint density at radius 1 is 1.21 bits per heavy atom. The molecule has 0 saturated heterocycles. The van der Waals surface area contributed by atoms with Crippen molar-refractivity contribution in [1.29, 1.82) is 0 Å². The Labute approximate surface area is 145 Å². The number of nitrogens with one attached hydrogen (secondary N) is 1. The second-order valence-corrected chi connectivity index (χ2v) is 5.85. The van der Waals surface area contributed by atoms with E-state index in [1.807, 2.05) is 36.4 Å². The molecule has 3 aromatic rings. The molecule has 0 atom stereocenters. The summed E-state index contributed by atoms with van der Waals surface area (Å²) in [5.41, 5.74) is 1.67. The summed E-state index contributed by atoms with van der Waals surface area (Å²) in [6, 6.07) is 15.0. The number of rotatable bonds is 6. The van der Waals surface area contributed by atoms with Gasteiger partial charge in [-0.2, -0.15) is 0 Å². The largest absolute Gasteiger partial charge is 0.493 e. The molecule has 0 fully saturated rings. The van der Waals surface area contributed by atoms with Crippen LogP contribution in [0.1, 0.15) is 22.5 Å². The minimum atomic E-state index is -0.229. The summed E-state index contributed by atoms with van der Waals surface area (Å²) >= 11 is 6.12. The number of methoxy groups -OCH3 is 1. The quantitative estimate of drug-likeness (QED) is 0.672. The first-order valence-electron chi connectivity index (χ1n) is 7.77. The summed E-state index contributed by atoms with van der Waals surface area (Å²) < 4.78 is 10.9. The van der Waals surface area contributed by atoms with E-state index in [9.17, 15) is 4.79 Å². The van der Waals surface area contributed by atoms with Gasteiger partial charge in [0.1, 0.15) is 0 Å². The molecule has 1 heterocycles. The van der Waals surface area contributed by atoms with Crippen LogP contribution in [0.15, 0.2) is 52.9 Å². The number of ether oxygens (including phenoxy) is 1. The lowest BCUT2D eigenvalue weighted by Gasteiger charge is -2.05. The number of para-hydroxylation sites is 1. The standard InChI is InChI=1S/C19H18ClNO3/c1-23-16-10-4-7-14-12-17(24-18(14)16)19(22)21-11-5-8-13-6-2-3-9-15(13)20/h2-4,6-7,9-10,12H,5,8,11H2,1H3,(H,21,22).